The number of aliphatic hydroxyl groups excluding tert-OH is 2. The fourth-order valence-corrected chi connectivity index (χ4v) is 1.92. The van der Waals surface area contributed by atoms with Gasteiger partial charge in [-0.1, -0.05) is 0 Å². The second-order valence-electron chi connectivity index (χ2n) is 4.23. The predicted molar refractivity (Wildman–Crippen MR) is 57.1 cm³/mol. The van der Waals surface area contributed by atoms with Gasteiger partial charge in [0.05, 0.1) is 6.61 Å². The zero-order chi connectivity index (χ0) is 14.2. The van der Waals surface area contributed by atoms with Crippen molar-refractivity contribution in [3.05, 3.63) is 30.1 Å². The number of aliphatic hydroxyl groups is 2. The summed E-state index contributed by atoms with van der Waals surface area (Å²) >= 11 is 0. The van der Waals surface area contributed by atoms with Crippen LogP contribution in [0.25, 0.3) is 0 Å². The van der Waals surface area contributed by atoms with Crippen LogP contribution in [-0.4, -0.2) is 40.9 Å². The number of hydrogen-bond acceptors (Lipinski definition) is 4. The van der Waals surface area contributed by atoms with Gasteiger partial charge in [0.25, 0.3) is 5.91 Å². The molecule has 2 rings (SSSR count). The molecule has 0 radical (unpaired) electrons. The molecule has 0 unspecified atom stereocenters. The molecule has 0 spiro atoms. The van der Waals surface area contributed by atoms with Gasteiger partial charge in [0.15, 0.2) is 18.5 Å². The van der Waals surface area contributed by atoms with E-state index in [4.69, 9.17) is 15.6 Å². The number of hydrogen-bond donors (Lipinski definition) is 3. The first kappa shape index (κ1) is 13.8. The van der Waals surface area contributed by atoms with Crippen molar-refractivity contribution in [1.82, 2.24) is 0 Å². The zero-order valence-electron chi connectivity index (χ0n) is 9.74. The Morgan fingerprint density at radius 2 is 2.26 bits per heavy atom. The van der Waals surface area contributed by atoms with Gasteiger partial charge in [-0.3, -0.25) is 4.79 Å². The largest absolute Gasteiger partial charge is 0.394 e. The maximum absolute atomic E-state index is 13.8. The van der Waals surface area contributed by atoms with Crippen LogP contribution in [-0.2, 0) is 4.74 Å². The van der Waals surface area contributed by atoms with Crippen LogP contribution in [0.2, 0.25) is 0 Å². The Kier molecular flexibility index (Phi) is 3.48. The van der Waals surface area contributed by atoms with E-state index in [1.54, 1.807) is 0 Å². The van der Waals surface area contributed by atoms with E-state index in [0.717, 1.165) is 10.8 Å². The van der Waals surface area contributed by atoms with Crippen LogP contribution >= 0.6 is 0 Å². The minimum Gasteiger partial charge on any atom is -0.394 e. The number of nitrogens with zero attached hydrogens (tertiary/aromatic N) is 1. The van der Waals surface area contributed by atoms with Crippen molar-refractivity contribution in [2.45, 2.75) is 24.4 Å². The number of carbonyl (C=O) groups excluding carboxylic acids is 1. The number of aromatic nitrogens is 1. The fraction of sp³-hybridized carbons (Fsp3) is 0.455. The van der Waals surface area contributed by atoms with Crippen LogP contribution in [0, 0.1) is 0 Å². The van der Waals surface area contributed by atoms with Crippen LogP contribution in [0.1, 0.15) is 16.6 Å². The number of halogens is 2. The van der Waals surface area contributed by atoms with Gasteiger partial charge in [-0.05, 0) is 6.07 Å². The van der Waals surface area contributed by atoms with E-state index in [2.05, 4.69) is 0 Å². The molecular formula is C11H13F2N2O4+. The average Bonchev–Trinajstić information content (AvgIpc) is 2.61. The third-order valence-corrected chi connectivity index (χ3v) is 2.94. The van der Waals surface area contributed by atoms with Crippen molar-refractivity contribution < 1.29 is 33.1 Å². The highest BCUT2D eigenvalue weighted by atomic mass is 19.3. The van der Waals surface area contributed by atoms with Gasteiger partial charge in [-0.2, -0.15) is 13.3 Å². The smallest absolute Gasteiger partial charge is 0.362 e. The quantitative estimate of drug-likeness (QED) is 0.614. The van der Waals surface area contributed by atoms with Crippen molar-refractivity contribution in [3.63, 3.8) is 0 Å². The number of rotatable bonds is 3. The maximum Gasteiger partial charge on any atom is 0.362 e. The van der Waals surface area contributed by atoms with E-state index >= 15 is 0 Å². The Balaban J connectivity index is 2.36. The molecule has 1 fully saturated rings. The number of nitrogens with two attached hydrogens (primary N) is 1. The first-order chi connectivity index (χ1) is 8.87. The molecule has 0 bridgehead atoms. The molecule has 3 atom stereocenters. The molecule has 2 heterocycles. The van der Waals surface area contributed by atoms with Gasteiger partial charge in [-0.25, -0.2) is 0 Å². The van der Waals surface area contributed by atoms with Crippen LogP contribution in [0.3, 0.4) is 0 Å². The van der Waals surface area contributed by atoms with E-state index in [1.165, 1.54) is 18.3 Å². The second kappa shape index (κ2) is 4.80. The van der Waals surface area contributed by atoms with Gasteiger partial charge in [0.1, 0.15) is 11.7 Å². The van der Waals surface area contributed by atoms with E-state index in [-0.39, 0.29) is 5.56 Å². The summed E-state index contributed by atoms with van der Waals surface area (Å²) < 4.78 is 33.5. The number of ether oxygens (including phenoxy) is 1. The standard InChI is InChI=1S/C11H12F2N2O4/c12-11(13)8(17)7(5-16)19-10(11)15-3-1-2-6(4-15)9(14)18/h1-4,7-8,10,16-17H,5H2,(H-,14,18)/p+1/t7-,8-,10-/m1/s1. The van der Waals surface area contributed by atoms with E-state index < -0.39 is 36.9 Å². The molecule has 1 saturated heterocycles. The zero-order valence-corrected chi connectivity index (χ0v) is 9.74. The molecule has 1 amide bonds. The molecule has 1 aliphatic rings. The van der Waals surface area contributed by atoms with E-state index in [0.29, 0.717) is 0 Å². The Morgan fingerprint density at radius 3 is 2.79 bits per heavy atom. The summed E-state index contributed by atoms with van der Waals surface area (Å²) in [6, 6.07) is 2.73. The molecule has 1 aromatic rings. The Morgan fingerprint density at radius 1 is 1.58 bits per heavy atom. The minimum atomic E-state index is -3.59. The lowest BCUT2D eigenvalue weighted by molar-refractivity contribution is -0.775. The van der Waals surface area contributed by atoms with Gasteiger partial charge < -0.3 is 20.7 Å². The van der Waals surface area contributed by atoms with Crippen molar-refractivity contribution in [3.8, 4) is 0 Å². The summed E-state index contributed by atoms with van der Waals surface area (Å²) in [5.41, 5.74) is 5.09. The first-order valence-corrected chi connectivity index (χ1v) is 5.50. The van der Waals surface area contributed by atoms with Crippen LogP contribution in [0.5, 0.6) is 0 Å². The lowest BCUT2D eigenvalue weighted by atomic mass is 10.1. The second-order valence-corrected chi connectivity index (χ2v) is 4.23. The maximum atomic E-state index is 13.8. The third kappa shape index (κ3) is 2.29. The summed E-state index contributed by atoms with van der Waals surface area (Å²) in [5, 5.41) is 18.3. The fourth-order valence-electron chi connectivity index (χ4n) is 1.92. The van der Waals surface area contributed by atoms with E-state index in [9.17, 15) is 18.7 Å². The molecule has 4 N–H and O–H groups in total. The molecule has 104 valence electrons. The van der Waals surface area contributed by atoms with Crippen molar-refractivity contribution in [1.29, 1.82) is 0 Å². The van der Waals surface area contributed by atoms with Gasteiger partial charge >= 0.3 is 12.2 Å². The van der Waals surface area contributed by atoms with Crippen molar-refractivity contribution in [2.75, 3.05) is 6.61 Å². The van der Waals surface area contributed by atoms with Crippen molar-refractivity contribution in [2.24, 2.45) is 5.73 Å². The third-order valence-electron chi connectivity index (χ3n) is 2.94. The molecule has 19 heavy (non-hydrogen) atoms. The number of alkyl halides is 2. The molecule has 0 aromatic carbocycles. The number of amides is 1. The molecule has 0 aliphatic carbocycles. The van der Waals surface area contributed by atoms with Crippen LogP contribution in [0.4, 0.5) is 8.78 Å². The Hall–Kier alpha value is -1.64. The van der Waals surface area contributed by atoms with Crippen LogP contribution in [0.15, 0.2) is 24.5 Å². The minimum absolute atomic E-state index is 0.0313. The van der Waals surface area contributed by atoms with Gasteiger partial charge in [0.2, 0.25) is 0 Å². The molecular weight excluding hydrogens is 262 g/mol. The van der Waals surface area contributed by atoms with Gasteiger partial charge in [0, 0.05) is 6.07 Å². The highest BCUT2D eigenvalue weighted by molar-refractivity contribution is 5.92. The molecule has 1 aliphatic heterocycles. The summed E-state index contributed by atoms with van der Waals surface area (Å²) in [5.74, 6) is -4.36. The topological polar surface area (TPSA) is 96.7 Å². The van der Waals surface area contributed by atoms with Crippen LogP contribution < -0.4 is 10.3 Å². The van der Waals surface area contributed by atoms with Gasteiger partial charge in [-0.15, -0.1) is 0 Å². The molecule has 0 saturated carbocycles. The number of pyridine rings is 1. The monoisotopic (exact) mass is 275 g/mol. The Labute approximate surface area is 107 Å². The molecule has 1 aromatic heterocycles. The lowest BCUT2D eigenvalue weighted by Gasteiger charge is -2.15. The summed E-state index contributed by atoms with van der Waals surface area (Å²) in [6.07, 6.45) is -2.94. The normalized spacial score (nSPS) is 29.4. The molecule has 6 nitrogen and oxygen atoms in total. The first-order valence-electron chi connectivity index (χ1n) is 5.50. The number of carbonyl (C=O) groups is 1. The predicted octanol–water partition coefficient (Wildman–Crippen LogP) is -1.04. The summed E-state index contributed by atoms with van der Waals surface area (Å²) in [7, 11) is 0. The average molecular weight is 275 g/mol. The SMILES string of the molecule is NC(=O)c1ccc[n+]([C@@H]2O[C@H](CO)[C@@H](O)C2(F)F)c1. The Bertz CT molecular complexity index is 497. The summed E-state index contributed by atoms with van der Waals surface area (Å²) in [6.45, 7) is -0.733. The van der Waals surface area contributed by atoms with E-state index in [1.807, 2.05) is 0 Å². The number of primary amides is 1. The highest BCUT2D eigenvalue weighted by Gasteiger charge is 2.63. The van der Waals surface area contributed by atoms with Crippen molar-refractivity contribution >= 4 is 5.91 Å². The molecule has 8 heteroatoms. The summed E-state index contributed by atoms with van der Waals surface area (Å²) in [4.78, 5) is 11.0. The highest BCUT2D eigenvalue weighted by Crippen LogP contribution is 2.39. The lowest BCUT2D eigenvalue weighted by Crippen LogP contribution is -2.50.